The van der Waals surface area contributed by atoms with Crippen molar-refractivity contribution in [3.63, 3.8) is 0 Å². The monoisotopic (exact) mass is 340 g/mol. The van der Waals surface area contributed by atoms with Crippen molar-refractivity contribution in [1.29, 1.82) is 0 Å². The van der Waals surface area contributed by atoms with Gasteiger partial charge in [-0.3, -0.25) is 0 Å². The highest BCUT2D eigenvalue weighted by Crippen LogP contribution is 2.26. The van der Waals surface area contributed by atoms with E-state index in [0.29, 0.717) is 13.1 Å². The number of hydrogen-bond acceptors (Lipinski definition) is 3. The van der Waals surface area contributed by atoms with Crippen molar-refractivity contribution < 1.29 is 9.53 Å². The predicted octanol–water partition coefficient (Wildman–Crippen LogP) is 4.09. The van der Waals surface area contributed by atoms with Crippen LogP contribution >= 0.6 is 0 Å². The minimum Gasteiger partial charge on any atom is -0.444 e. The molecule has 0 spiro atoms. The van der Waals surface area contributed by atoms with Gasteiger partial charge in [0, 0.05) is 18.5 Å². The quantitative estimate of drug-likeness (QED) is 0.861. The zero-order valence-corrected chi connectivity index (χ0v) is 15.5. The van der Waals surface area contributed by atoms with E-state index in [4.69, 9.17) is 10.5 Å². The lowest BCUT2D eigenvalue weighted by atomic mass is 9.82. The standard InChI is InChI=1S/C21H28N2O2/c1-20(2,3)25-19(24)23-15-21(4,14-22)18-12-10-17(11-13-18)16-8-6-5-7-9-16/h5-13H,14-15,22H2,1-4H3,(H,23,24). The van der Waals surface area contributed by atoms with Crippen molar-refractivity contribution in [2.24, 2.45) is 5.73 Å². The molecule has 2 rings (SSSR count). The summed E-state index contributed by atoms with van der Waals surface area (Å²) >= 11 is 0. The van der Waals surface area contributed by atoms with E-state index in [1.165, 1.54) is 5.56 Å². The smallest absolute Gasteiger partial charge is 0.407 e. The highest BCUT2D eigenvalue weighted by atomic mass is 16.6. The fourth-order valence-corrected chi connectivity index (χ4v) is 2.57. The Hall–Kier alpha value is -2.33. The van der Waals surface area contributed by atoms with Gasteiger partial charge in [0.2, 0.25) is 0 Å². The molecule has 0 bridgehead atoms. The fraction of sp³-hybridized carbons (Fsp3) is 0.381. The highest BCUT2D eigenvalue weighted by Gasteiger charge is 2.27. The number of nitrogens with two attached hydrogens (primary N) is 1. The largest absolute Gasteiger partial charge is 0.444 e. The number of hydrogen-bond donors (Lipinski definition) is 2. The molecule has 0 aromatic heterocycles. The number of carbonyl (C=O) groups is 1. The summed E-state index contributed by atoms with van der Waals surface area (Å²) in [7, 11) is 0. The Kier molecular flexibility index (Phi) is 5.85. The van der Waals surface area contributed by atoms with Crippen molar-refractivity contribution in [3.8, 4) is 11.1 Å². The van der Waals surface area contributed by atoms with Crippen LogP contribution in [0, 0.1) is 0 Å². The van der Waals surface area contributed by atoms with Crippen LogP contribution in [0.2, 0.25) is 0 Å². The van der Waals surface area contributed by atoms with E-state index in [1.54, 1.807) is 0 Å². The second-order valence-corrected chi connectivity index (χ2v) is 7.56. The first-order chi connectivity index (χ1) is 11.7. The Morgan fingerprint density at radius 3 is 2.04 bits per heavy atom. The third-order valence-electron chi connectivity index (χ3n) is 4.16. The van der Waals surface area contributed by atoms with Crippen LogP contribution in [0.25, 0.3) is 11.1 Å². The molecule has 0 aliphatic rings. The summed E-state index contributed by atoms with van der Waals surface area (Å²) in [6.07, 6.45) is -0.423. The second-order valence-electron chi connectivity index (χ2n) is 7.56. The number of carbonyl (C=O) groups excluding carboxylic acids is 1. The molecule has 134 valence electrons. The first-order valence-electron chi connectivity index (χ1n) is 8.56. The minimum atomic E-state index is -0.513. The van der Waals surface area contributed by atoms with Gasteiger partial charge in [0.15, 0.2) is 0 Å². The third-order valence-corrected chi connectivity index (χ3v) is 4.16. The number of rotatable bonds is 5. The molecule has 0 saturated carbocycles. The Morgan fingerprint density at radius 2 is 1.52 bits per heavy atom. The molecule has 0 heterocycles. The molecule has 1 unspecified atom stereocenters. The number of nitrogens with one attached hydrogen (secondary N) is 1. The van der Waals surface area contributed by atoms with Gasteiger partial charge in [0.05, 0.1) is 0 Å². The molecule has 0 saturated heterocycles. The molecule has 4 heteroatoms. The van der Waals surface area contributed by atoms with Crippen LogP contribution in [0.5, 0.6) is 0 Å². The molecule has 2 aromatic carbocycles. The normalized spacial score (nSPS) is 13.8. The van der Waals surface area contributed by atoms with E-state index in [-0.39, 0.29) is 5.41 Å². The molecule has 0 aliphatic carbocycles. The molecular formula is C21H28N2O2. The van der Waals surface area contributed by atoms with Crippen LogP contribution in [0.15, 0.2) is 54.6 Å². The molecule has 0 fully saturated rings. The van der Waals surface area contributed by atoms with Gasteiger partial charge in [-0.25, -0.2) is 4.79 Å². The van der Waals surface area contributed by atoms with E-state index >= 15 is 0 Å². The van der Waals surface area contributed by atoms with Crippen molar-refractivity contribution in [3.05, 3.63) is 60.2 Å². The summed E-state index contributed by atoms with van der Waals surface area (Å²) in [4.78, 5) is 11.9. The van der Waals surface area contributed by atoms with Gasteiger partial charge in [0.1, 0.15) is 5.60 Å². The summed E-state index contributed by atoms with van der Waals surface area (Å²) in [5, 5.41) is 2.83. The number of alkyl carbamates (subject to hydrolysis) is 1. The van der Waals surface area contributed by atoms with E-state index in [9.17, 15) is 4.79 Å². The van der Waals surface area contributed by atoms with Gasteiger partial charge in [-0.05, 0) is 37.5 Å². The Balaban J connectivity index is 2.09. The Morgan fingerprint density at radius 1 is 0.960 bits per heavy atom. The van der Waals surface area contributed by atoms with Crippen LogP contribution < -0.4 is 11.1 Å². The van der Waals surface area contributed by atoms with Crippen LogP contribution in [0.4, 0.5) is 4.79 Å². The average Bonchev–Trinajstić information content (AvgIpc) is 2.59. The summed E-state index contributed by atoms with van der Waals surface area (Å²) in [5.41, 5.74) is 8.56. The van der Waals surface area contributed by atoms with Gasteiger partial charge in [-0.15, -0.1) is 0 Å². The average molecular weight is 340 g/mol. The molecular weight excluding hydrogens is 312 g/mol. The molecule has 0 radical (unpaired) electrons. The summed E-state index contributed by atoms with van der Waals surface area (Å²) < 4.78 is 5.30. The SMILES string of the molecule is CC(C)(C)OC(=O)NCC(C)(CN)c1ccc(-c2ccccc2)cc1. The highest BCUT2D eigenvalue weighted by molar-refractivity contribution is 5.68. The van der Waals surface area contributed by atoms with Crippen LogP contribution in [-0.2, 0) is 10.2 Å². The van der Waals surface area contributed by atoms with E-state index in [0.717, 1.165) is 11.1 Å². The molecule has 2 aromatic rings. The zero-order chi connectivity index (χ0) is 18.5. The van der Waals surface area contributed by atoms with Crippen molar-refractivity contribution >= 4 is 6.09 Å². The Labute approximate surface area is 150 Å². The van der Waals surface area contributed by atoms with E-state index < -0.39 is 11.7 Å². The van der Waals surface area contributed by atoms with Crippen molar-refractivity contribution in [2.75, 3.05) is 13.1 Å². The van der Waals surface area contributed by atoms with Gasteiger partial charge < -0.3 is 15.8 Å². The first kappa shape index (κ1) is 19.0. The third kappa shape index (κ3) is 5.33. The molecule has 1 amide bonds. The Bertz CT molecular complexity index is 690. The van der Waals surface area contributed by atoms with Crippen molar-refractivity contribution in [2.45, 2.75) is 38.7 Å². The first-order valence-corrected chi connectivity index (χ1v) is 8.56. The second kappa shape index (κ2) is 7.70. The van der Waals surface area contributed by atoms with E-state index in [2.05, 4.69) is 41.7 Å². The lowest BCUT2D eigenvalue weighted by Crippen LogP contribution is -2.45. The van der Waals surface area contributed by atoms with Gasteiger partial charge in [-0.1, -0.05) is 61.5 Å². The molecule has 4 nitrogen and oxygen atoms in total. The fourth-order valence-electron chi connectivity index (χ4n) is 2.57. The number of benzene rings is 2. The van der Waals surface area contributed by atoms with Crippen LogP contribution in [-0.4, -0.2) is 24.8 Å². The molecule has 0 aliphatic heterocycles. The van der Waals surface area contributed by atoms with Gasteiger partial charge in [-0.2, -0.15) is 0 Å². The summed E-state index contributed by atoms with van der Waals surface area (Å²) in [5.74, 6) is 0. The lowest BCUT2D eigenvalue weighted by Gasteiger charge is -2.30. The topological polar surface area (TPSA) is 64.3 Å². The zero-order valence-electron chi connectivity index (χ0n) is 15.5. The van der Waals surface area contributed by atoms with Gasteiger partial charge >= 0.3 is 6.09 Å². The lowest BCUT2D eigenvalue weighted by molar-refractivity contribution is 0.0516. The van der Waals surface area contributed by atoms with Crippen molar-refractivity contribution in [1.82, 2.24) is 5.32 Å². The maximum atomic E-state index is 11.9. The summed E-state index contributed by atoms with van der Waals surface area (Å²) in [6.45, 7) is 8.42. The van der Waals surface area contributed by atoms with E-state index in [1.807, 2.05) is 45.9 Å². The molecule has 1 atom stereocenters. The van der Waals surface area contributed by atoms with Crippen LogP contribution in [0.3, 0.4) is 0 Å². The van der Waals surface area contributed by atoms with Crippen LogP contribution in [0.1, 0.15) is 33.3 Å². The predicted molar refractivity (Wildman–Crippen MR) is 103 cm³/mol. The number of ether oxygens (including phenoxy) is 1. The maximum absolute atomic E-state index is 11.9. The molecule has 3 N–H and O–H groups in total. The summed E-state index contributed by atoms with van der Waals surface area (Å²) in [6, 6.07) is 18.6. The van der Waals surface area contributed by atoms with Gasteiger partial charge in [0.25, 0.3) is 0 Å². The number of amides is 1. The maximum Gasteiger partial charge on any atom is 0.407 e. The minimum absolute atomic E-state index is 0.355. The molecule has 25 heavy (non-hydrogen) atoms.